The Morgan fingerprint density at radius 2 is 1.88 bits per heavy atom. The van der Waals surface area contributed by atoms with Crippen molar-refractivity contribution in [1.82, 2.24) is 5.32 Å². The van der Waals surface area contributed by atoms with Crippen LogP contribution in [-0.2, 0) is 16.4 Å². The maximum Gasteiger partial charge on any atom is 0.148 e. The standard InChI is InChI=1S/C12H19NO3S/c1-10(9-17(3,14)15)13-8-11-4-6-12(16-2)7-5-11/h4-7,10,13H,8-9H2,1-3H3/t10-/m1/s1. The van der Waals surface area contributed by atoms with E-state index in [1.54, 1.807) is 7.11 Å². The lowest BCUT2D eigenvalue weighted by Crippen LogP contribution is -2.32. The second kappa shape index (κ2) is 6.02. The van der Waals surface area contributed by atoms with Crippen LogP contribution < -0.4 is 10.1 Å². The van der Waals surface area contributed by atoms with Crippen molar-refractivity contribution < 1.29 is 13.2 Å². The summed E-state index contributed by atoms with van der Waals surface area (Å²) in [6.45, 7) is 2.52. The van der Waals surface area contributed by atoms with Crippen LogP contribution in [0.15, 0.2) is 24.3 Å². The quantitative estimate of drug-likeness (QED) is 0.832. The van der Waals surface area contributed by atoms with Gasteiger partial charge < -0.3 is 10.1 Å². The van der Waals surface area contributed by atoms with Crippen molar-refractivity contribution in [2.45, 2.75) is 19.5 Å². The largest absolute Gasteiger partial charge is 0.497 e. The molecule has 0 unspecified atom stereocenters. The van der Waals surface area contributed by atoms with Crippen LogP contribution in [0, 0.1) is 0 Å². The van der Waals surface area contributed by atoms with Gasteiger partial charge in [-0.05, 0) is 24.6 Å². The number of methoxy groups -OCH3 is 1. The van der Waals surface area contributed by atoms with Gasteiger partial charge in [-0.1, -0.05) is 12.1 Å². The van der Waals surface area contributed by atoms with E-state index in [9.17, 15) is 8.42 Å². The Morgan fingerprint density at radius 1 is 1.29 bits per heavy atom. The normalized spacial score (nSPS) is 13.4. The minimum absolute atomic E-state index is 0.0490. The minimum Gasteiger partial charge on any atom is -0.497 e. The Labute approximate surface area is 103 Å². The highest BCUT2D eigenvalue weighted by Crippen LogP contribution is 2.11. The zero-order valence-corrected chi connectivity index (χ0v) is 11.3. The molecule has 5 heteroatoms. The van der Waals surface area contributed by atoms with Gasteiger partial charge in [0.05, 0.1) is 12.9 Å². The molecule has 0 aromatic heterocycles. The van der Waals surface area contributed by atoms with E-state index in [2.05, 4.69) is 5.32 Å². The van der Waals surface area contributed by atoms with Crippen molar-refractivity contribution in [3.05, 3.63) is 29.8 Å². The molecule has 0 spiro atoms. The average Bonchev–Trinajstić information content (AvgIpc) is 2.25. The first-order valence-corrected chi connectivity index (χ1v) is 7.51. The topological polar surface area (TPSA) is 55.4 Å². The summed E-state index contributed by atoms with van der Waals surface area (Å²) in [6.07, 6.45) is 1.25. The fourth-order valence-electron chi connectivity index (χ4n) is 1.55. The molecule has 0 saturated heterocycles. The molecule has 4 nitrogen and oxygen atoms in total. The smallest absolute Gasteiger partial charge is 0.148 e. The van der Waals surface area contributed by atoms with Gasteiger partial charge in [-0.15, -0.1) is 0 Å². The molecular weight excluding hydrogens is 238 g/mol. The molecule has 96 valence electrons. The van der Waals surface area contributed by atoms with Crippen molar-refractivity contribution >= 4 is 9.84 Å². The van der Waals surface area contributed by atoms with Crippen molar-refractivity contribution in [2.24, 2.45) is 0 Å². The molecule has 17 heavy (non-hydrogen) atoms. The molecule has 0 aliphatic heterocycles. The Hall–Kier alpha value is -1.07. The number of rotatable bonds is 6. The Morgan fingerprint density at radius 3 is 2.35 bits per heavy atom. The number of hydrogen-bond acceptors (Lipinski definition) is 4. The van der Waals surface area contributed by atoms with Crippen molar-refractivity contribution in [2.75, 3.05) is 19.1 Å². The molecule has 0 heterocycles. The molecule has 0 fully saturated rings. The second-order valence-corrected chi connectivity index (χ2v) is 6.41. The molecule has 0 aliphatic carbocycles. The third-order valence-electron chi connectivity index (χ3n) is 2.37. The maximum atomic E-state index is 11.1. The van der Waals surface area contributed by atoms with Crippen LogP contribution in [0.5, 0.6) is 5.75 Å². The third kappa shape index (κ3) is 5.70. The van der Waals surface area contributed by atoms with Crippen LogP contribution in [0.1, 0.15) is 12.5 Å². The van der Waals surface area contributed by atoms with Crippen LogP contribution in [0.25, 0.3) is 0 Å². The Kier molecular flexibility index (Phi) is 4.96. The molecule has 0 radical (unpaired) electrons. The molecule has 1 aromatic rings. The molecule has 0 aliphatic rings. The first kappa shape index (κ1) is 14.0. The number of nitrogens with one attached hydrogen (secondary N) is 1. The van der Waals surface area contributed by atoms with Crippen LogP contribution in [-0.4, -0.2) is 33.6 Å². The highest BCUT2D eigenvalue weighted by Gasteiger charge is 2.09. The molecule has 1 N–H and O–H groups in total. The van der Waals surface area contributed by atoms with E-state index in [1.165, 1.54) is 6.26 Å². The second-order valence-electron chi connectivity index (χ2n) is 4.22. The van der Waals surface area contributed by atoms with E-state index in [1.807, 2.05) is 31.2 Å². The summed E-state index contributed by atoms with van der Waals surface area (Å²) in [5.41, 5.74) is 1.10. The Bertz CT molecular complexity index is 439. The summed E-state index contributed by atoms with van der Waals surface area (Å²) >= 11 is 0. The minimum atomic E-state index is -2.92. The van der Waals surface area contributed by atoms with Gasteiger partial charge in [0, 0.05) is 18.8 Å². The van der Waals surface area contributed by atoms with Crippen LogP contribution in [0.2, 0.25) is 0 Å². The third-order valence-corrected chi connectivity index (χ3v) is 3.47. The zero-order valence-electron chi connectivity index (χ0n) is 10.4. The summed E-state index contributed by atoms with van der Waals surface area (Å²) in [7, 11) is -1.29. The predicted molar refractivity (Wildman–Crippen MR) is 69.0 cm³/mol. The van der Waals surface area contributed by atoms with Crippen LogP contribution >= 0.6 is 0 Å². The fourth-order valence-corrected chi connectivity index (χ4v) is 2.57. The molecule has 1 rings (SSSR count). The van der Waals surface area contributed by atoms with Gasteiger partial charge in [0.25, 0.3) is 0 Å². The van der Waals surface area contributed by atoms with E-state index in [0.29, 0.717) is 6.54 Å². The van der Waals surface area contributed by atoms with E-state index >= 15 is 0 Å². The fraction of sp³-hybridized carbons (Fsp3) is 0.500. The predicted octanol–water partition coefficient (Wildman–Crippen LogP) is 1.22. The van der Waals surface area contributed by atoms with Gasteiger partial charge in [0.15, 0.2) is 0 Å². The summed E-state index contributed by atoms with van der Waals surface area (Å²) < 4.78 is 27.2. The van der Waals surface area contributed by atoms with Crippen molar-refractivity contribution in [3.63, 3.8) is 0 Å². The lowest BCUT2D eigenvalue weighted by atomic mass is 10.2. The number of sulfone groups is 1. The lowest BCUT2D eigenvalue weighted by molar-refractivity contribution is 0.414. The van der Waals surface area contributed by atoms with E-state index in [0.717, 1.165) is 11.3 Å². The molecule has 1 aromatic carbocycles. The first-order chi connectivity index (χ1) is 7.90. The molecule has 0 saturated carbocycles. The highest BCUT2D eigenvalue weighted by atomic mass is 32.2. The van der Waals surface area contributed by atoms with Crippen molar-refractivity contribution in [3.8, 4) is 5.75 Å². The van der Waals surface area contributed by atoms with Gasteiger partial charge in [0.2, 0.25) is 0 Å². The molecule has 0 amide bonds. The van der Waals surface area contributed by atoms with E-state index < -0.39 is 9.84 Å². The molecular formula is C12H19NO3S. The first-order valence-electron chi connectivity index (χ1n) is 5.45. The van der Waals surface area contributed by atoms with Crippen LogP contribution in [0.3, 0.4) is 0 Å². The molecule has 1 atom stereocenters. The number of ether oxygens (including phenoxy) is 1. The zero-order chi connectivity index (χ0) is 12.9. The Balaban J connectivity index is 2.44. The lowest BCUT2D eigenvalue weighted by Gasteiger charge is -2.12. The van der Waals surface area contributed by atoms with Gasteiger partial charge in [0.1, 0.15) is 15.6 Å². The average molecular weight is 257 g/mol. The summed E-state index contributed by atoms with van der Waals surface area (Å²) in [5, 5.41) is 3.17. The number of hydrogen-bond donors (Lipinski definition) is 1. The number of benzene rings is 1. The van der Waals surface area contributed by atoms with E-state index in [-0.39, 0.29) is 11.8 Å². The van der Waals surface area contributed by atoms with Crippen LogP contribution in [0.4, 0.5) is 0 Å². The summed E-state index contributed by atoms with van der Waals surface area (Å²) in [4.78, 5) is 0. The van der Waals surface area contributed by atoms with Crippen molar-refractivity contribution in [1.29, 1.82) is 0 Å². The van der Waals surface area contributed by atoms with Gasteiger partial charge >= 0.3 is 0 Å². The van der Waals surface area contributed by atoms with Gasteiger partial charge in [-0.25, -0.2) is 8.42 Å². The highest BCUT2D eigenvalue weighted by molar-refractivity contribution is 7.90. The summed E-state index contributed by atoms with van der Waals surface area (Å²) in [5.74, 6) is 0.973. The summed E-state index contributed by atoms with van der Waals surface area (Å²) in [6, 6.07) is 7.64. The monoisotopic (exact) mass is 257 g/mol. The van der Waals surface area contributed by atoms with E-state index in [4.69, 9.17) is 4.74 Å². The SMILES string of the molecule is COc1ccc(CN[C@H](C)CS(C)(=O)=O)cc1. The van der Waals surface area contributed by atoms with Gasteiger partial charge in [-0.2, -0.15) is 0 Å². The van der Waals surface area contributed by atoms with Gasteiger partial charge in [-0.3, -0.25) is 0 Å². The molecule has 0 bridgehead atoms. The maximum absolute atomic E-state index is 11.1.